The minimum Gasteiger partial charge on any atom is -0.494 e. The maximum absolute atomic E-state index is 13.0. The maximum Gasteiger partial charge on any atom is 0.251 e. The van der Waals surface area contributed by atoms with Crippen LogP contribution in [0.25, 0.3) is 11.1 Å². The summed E-state index contributed by atoms with van der Waals surface area (Å²) in [6.45, 7) is 8.69. The lowest BCUT2D eigenvalue weighted by molar-refractivity contribution is -0.121. The summed E-state index contributed by atoms with van der Waals surface area (Å²) in [5.74, 6) is 2.00. The van der Waals surface area contributed by atoms with Crippen molar-refractivity contribution in [3.8, 4) is 16.9 Å². The molecule has 6 N–H and O–H groups in total. The van der Waals surface area contributed by atoms with Crippen LogP contribution >= 0.6 is 23.2 Å². The van der Waals surface area contributed by atoms with Crippen molar-refractivity contribution in [1.82, 2.24) is 15.5 Å². The number of nitrogen functional groups attached to an aromatic ring is 2. The molecule has 0 saturated heterocycles. The van der Waals surface area contributed by atoms with Crippen molar-refractivity contribution in [1.29, 1.82) is 0 Å². The van der Waals surface area contributed by atoms with Crippen LogP contribution in [0.1, 0.15) is 71.1 Å². The molecule has 2 amide bonds. The molecule has 11 heteroatoms. The number of hydrogen-bond donors (Lipinski definition) is 4. The van der Waals surface area contributed by atoms with Crippen molar-refractivity contribution in [2.24, 2.45) is 0 Å². The number of likely N-dealkylation sites (N-methyl/N-ethyl adjacent to an activating group) is 1. The third-order valence-electron chi connectivity index (χ3n) is 10.8. The first-order chi connectivity index (χ1) is 29.1. The van der Waals surface area contributed by atoms with Crippen LogP contribution in [0.4, 0.5) is 17.1 Å². The third kappa shape index (κ3) is 13.7. The van der Waals surface area contributed by atoms with Gasteiger partial charge in [-0.1, -0.05) is 68.4 Å². The zero-order chi connectivity index (χ0) is 42.9. The monoisotopic (exact) mass is 850 g/mol. The second-order valence-electron chi connectivity index (χ2n) is 15.3. The molecular weight excluding hydrogens is 791 g/mol. The van der Waals surface area contributed by atoms with Gasteiger partial charge in [0.25, 0.3) is 5.91 Å². The smallest absolute Gasteiger partial charge is 0.251 e. The Kier molecular flexibility index (Phi) is 18.0. The Hall–Kier alpha value is -5.22. The van der Waals surface area contributed by atoms with Crippen molar-refractivity contribution in [3.63, 3.8) is 0 Å². The summed E-state index contributed by atoms with van der Waals surface area (Å²) in [6.07, 6.45) is 1.78. The molecule has 60 heavy (non-hydrogen) atoms. The summed E-state index contributed by atoms with van der Waals surface area (Å²) in [7, 11) is 1.97. The van der Waals surface area contributed by atoms with Gasteiger partial charge in [0.15, 0.2) is 0 Å². The van der Waals surface area contributed by atoms with Crippen LogP contribution in [0.3, 0.4) is 0 Å². The molecule has 2 atom stereocenters. The van der Waals surface area contributed by atoms with E-state index in [1.54, 1.807) is 0 Å². The Labute approximate surface area is 366 Å². The highest BCUT2D eigenvalue weighted by Gasteiger charge is 2.20. The first-order valence-corrected chi connectivity index (χ1v) is 21.9. The highest BCUT2D eigenvalue weighted by Crippen LogP contribution is 2.39. The van der Waals surface area contributed by atoms with Gasteiger partial charge in [0, 0.05) is 86.0 Å². The number of hydrogen-bond acceptors (Lipinski definition) is 7. The van der Waals surface area contributed by atoms with E-state index in [0.717, 1.165) is 59.0 Å². The average molecular weight is 852 g/mol. The van der Waals surface area contributed by atoms with Crippen molar-refractivity contribution in [2.75, 3.05) is 81.1 Å². The van der Waals surface area contributed by atoms with Crippen LogP contribution in [0.2, 0.25) is 0 Å². The number of anilines is 3. The Morgan fingerprint density at radius 2 is 1.32 bits per heavy atom. The molecule has 0 bridgehead atoms. The lowest BCUT2D eigenvalue weighted by atomic mass is 9.82. The second kappa shape index (κ2) is 23.5. The zero-order valence-corrected chi connectivity index (χ0v) is 36.7. The van der Waals surface area contributed by atoms with Gasteiger partial charge < -0.3 is 36.6 Å². The topological polar surface area (TPSA) is 126 Å². The Morgan fingerprint density at radius 3 is 1.95 bits per heavy atom. The number of carbonyl (C=O) groups is 2. The van der Waals surface area contributed by atoms with Gasteiger partial charge in [-0.3, -0.25) is 9.59 Å². The van der Waals surface area contributed by atoms with Crippen molar-refractivity contribution in [2.45, 2.75) is 44.9 Å². The summed E-state index contributed by atoms with van der Waals surface area (Å²) < 4.78 is 5.83. The summed E-state index contributed by atoms with van der Waals surface area (Å²) in [5.41, 5.74) is 22.8. The Morgan fingerprint density at radius 1 is 0.717 bits per heavy atom. The van der Waals surface area contributed by atoms with E-state index in [1.165, 1.54) is 16.7 Å². The van der Waals surface area contributed by atoms with Crippen LogP contribution < -0.4 is 31.7 Å². The van der Waals surface area contributed by atoms with Crippen LogP contribution in [0.5, 0.6) is 5.75 Å². The number of benzene rings is 5. The first-order valence-electron chi connectivity index (χ1n) is 20.8. The molecule has 9 nitrogen and oxygen atoms in total. The van der Waals surface area contributed by atoms with Crippen molar-refractivity contribution in [3.05, 3.63) is 143 Å². The molecule has 0 heterocycles. The van der Waals surface area contributed by atoms with Crippen LogP contribution in [-0.4, -0.2) is 81.4 Å². The highest BCUT2D eigenvalue weighted by molar-refractivity contribution is 6.18. The van der Waals surface area contributed by atoms with Gasteiger partial charge in [0.05, 0.1) is 6.61 Å². The minimum absolute atomic E-state index is 0.0102. The first kappa shape index (κ1) is 45.9. The van der Waals surface area contributed by atoms with Gasteiger partial charge in [0.2, 0.25) is 5.91 Å². The van der Waals surface area contributed by atoms with Crippen molar-refractivity contribution >= 4 is 52.1 Å². The number of nitrogens with one attached hydrogen (secondary N) is 2. The molecule has 0 aliphatic carbocycles. The largest absolute Gasteiger partial charge is 0.494 e. The summed E-state index contributed by atoms with van der Waals surface area (Å²) in [5, 5.41) is 6.00. The molecule has 5 rings (SSSR count). The highest BCUT2D eigenvalue weighted by atomic mass is 35.5. The number of amides is 2. The number of nitrogens with two attached hydrogens (primary N) is 2. The summed E-state index contributed by atoms with van der Waals surface area (Å²) >= 11 is 11.8. The van der Waals surface area contributed by atoms with Gasteiger partial charge in [-0.25, -0.2) is 0 Å². The SMILES string of the molecule is CC(Cc1ccc(C(=O)NCCN(C)CCNC(=O)CCCOc2ccc(N(CCCl)CCCl)cc2)cc1)c1cc(N)ccc1-c1ccc(N)cc1C(C)c1ccccc1. The van der Waals surface area contributed by atoms with Gasteiger partial charge in [-0.05, 0) is 120 Å². The average Bonchev–Trinajstić information content (AvgIpc) is 3.25. The van der Waals surface area contributed by atoms with Gasteiger partial charge >= 0.3 is 0 Å². The third-order valence-corrected chi connectivity index (χ3v) is 11.2. The molecular formula is C49H60Cl2N6O3. The number of carbonyl (C=O) groups excluding carboxylic acids is 2. The quantitative estimate of drug-likeness (QED) is 0.0294. The van der Waals surface area contributed by atoms with Crippen LogP contribution in [-0.2, 0) is 11.2 Å². The van der Waals surface area contributed by atoms with Gasteiger partial charge in [-0.2, -0.15) is 0 Å². The Bertz CT molecular complexity index is 2090. The fourth-order valence-electron chi connectivity index (χ4n) is 7.39. The number of ether oxygens (including phenoxy) is 1. The summed E-state index contributed by atoms with van der Waals surface area (Å²) in [6, 6.07) is 38.5. The molecule has 318 valence electrons. The standard InChI is InChI=1S/C49H60Cl2N6O3/c1-35(46-33-40(52)15-21-44(46)45-22-16-41(53)34-47(45)36(2)38-8-5-4-6-9-38)32-37-11-13-39(14-12-37)49(59)55-26-30-56(3)29-25-54-48(58)10-7-31-60-43-19-17-42(18-20-43)57(27-23-50)28-24-51/h4-6,8-9,11-22,33-36H,7,10,23-32,52-53H2,1-3H3,(H,54,58)(H,55,59). The molecule has 0 saturated carbocycles. The predicted molar refractivity (Wildman–Crippen MR) is 251 cm³/mol. The van der Waals surface area contributed by atoms with Gasteiger partial charge in [-0.15, -0.1) is 23.2 Å². The molecule has 0 spiro atoms. The number of rotatable bonds is 23. The fraction of sp³-hybridized carbons (Fsp3) is 0.347. The number of halogens is 2. The molecule has 0 fully saturated rings. The van der Waals surface area contributed by atoms with E-state index in [0.29, 0.717) is 63.0 Å². The molecule has 5 aromatic carbocycles. The lowest BCUT2D eigenvalue weighted by Gasteiger charge is -2.23. The summed E-state index contributed by atoms with van der Waals surface area (Å²) in [4.78, 5) is 29.6. The van der Waals surface area contributed by atoms with E-state index in [-0.39, 0.29) is 23.7 Å². The van der Waals surface area contributed by atoms with E-state index in [1.807, 2.05) is 73.8 Å². The molecule has 2 unspecified atom stereocenters. The zero-order valence-electron chi connectivity index (χ0n) is 35.1. The van der Waals surface area contributed by atoms with E-state index >= 15 is 0 Å². The molecule has 0 aliphatic heterocycles. The molecule has 5 aromatic rings. The van der Waals surface area contributed by atoms with E-state index < -0.39 is 0 Å². The van der Waals surface area contributed by atoms with Crippen LogP contribution in [0, 0.1) is 0 Å². The van der Waals surface area contributed by atoms with Crippen molar-refractivity contribution < 1.29 is 14.3 Å². The van der Waals surface area contributed by atoms with Crippen LogP contribution in [0.15, 0.2) is 115 Å². The maximum atomic E-state index is 13.0. The number of nitrogens with zero attached hydrogens (tertiary/aromatic N) is 2. The van der Waals surface area contributed by atoms with E-state index in [9.17, 15) is 9.59 Å². The lowest BCUT2D eigenvalue weighted by Crippen LogP contribution is -2.37. The van der Waals surface area contributed by atoms with E-state index in [4.69, 9.17) is 39.4 Å². The van der Waals surface area contributed by atoms with E-state index in [2.05, 4.69) is 82.8 Å². The fourth-order valence-corrected chi connectivity index (χ4v) is 7.80. The number of alkyl halides is 2. The molecule has 0 radical (unpaired) electrons. The second-order valence-corrected chi connectivity index (χ2v) is 16.1. The molecule has 0 aromatic heterocycles. The Balaban J connectivity index is 1.03. The normalized spacial score (nSPS) is 12.2. The van der Waals surface area contributed by atoms with Gasteiger partial charge in [0.1, 0.15) is 5.75 Å². The molecule has 0 aliphatic rings. The minimum atomic E-state index is -0.115. The predicted octanol–water partition coefficient (Wildman–Crippen LogP) is 8.94.